The maximum absolute atomic E-state index is 12.4. The molecule has 19 heavy (non-hydrogen) atoms. The predicted octanol–water partition coefficient (Wildman–Crippen LogP) is 5.04. The van der Waals surface area contributed by atoms with Gasteiger partial charge in [-0.15, -0.1) is 0 Å². The smallest absolute Gasteiger partial charge is 0.165 e. The van der Waals surface area contributed by atoms with Gasteiger partial charge in [0.05, 0.1) is 0 Å². The minimum absolute atomic E-state index is 0.276. The summed E-state index contributed by atoms with van der Waals surface area (Å²) < 4.78 is 0. The molecule has 0 unspecified atom stereocenters. The van der Waals surface area contributed by atoms with Crippen molar-refractivity contribution < 1.29 is 4.79 Å². The Bertz CT molecular complexity index is 396. The molecule has 1 aromatic rings. The molecule has 0 saturated heterocycles. The van der Waals surface area contributed by atoms with Crippen LogP contribution in [0.3, 0.4) is 0 Å². The summed E-state index contributed by atoms with van der Waals surface area (Å²) in [5, 5.41) is 0. The molecule has 1 heteroatoms. The molecule has 1 aliphatic carbocycles. The SMILES string of the molecule is CCCCc1ccc(C(=O)C2CCC(C)CC2)cc1. The van der Waals surface area contributed by atoms with E-state index in [4.69, 9.17) is 0 Å². The average molecular weight is 258 g/mol. The summed E-state index contributed by atoms with van der Waals surface area (Å²) in [5.74, 6) is 1.45. The van der Waals surface area contributed by atoms with Gasteiger partial charge in [0.15, 0.2) is 5.78 Å². The predicted molar refractivity (Wildman–Crippen MR) is 80.5 cm³/mol. The Labute approximate surface area is 117 Å². The van der Waals surface area contributed by atoms with E-state index in [1.54, 1.807) is 0 Å². The van der Waals surface area contributed by atoms with Gasteiger partial charge in [-0.1, -0.05) is 57.4 Å². The number of carbonyl (C=O) groups excluding carboxylic acids is 1. The van der Waals surface area contributed by atoms with Crippen LogP contribution in [0, 0.1) is 11.8 Å². The van der Waals surface area contributed by atoms with E-state index in [1.807, 2.05) is 12.1 Å². The van der Waals surface area contributed by atoms with Crippen LogP contribution in [0.25, 0.3) is 0 Å². The van der Waals surface area contributed by atoms with E-state index < -0.39 is 0 Å². The van der Waals surface area contributed by atoms with Gasteiger partial charge in [-0.25, -0.2) is 0 Å². The fourth-order valence-corrected chi connectivity index (χ4v) is 2.97. The van der Waals surface area contributed by atoms with E-state index in [2.05, 4.69) is 26.0 Å². The number of aryl methyl sites for hydroxylation is 1. The molecule has 0 atom stereocenters. The first-order valence-electron chi connectivity index (χ1n) is 7.84. The number of Topliss-reactive ketones (excluding diaryl/α,β-unsaturated/α-hetero) is 1. The summed E-state index contributed by atoms with van der Waals surface area (Å²) in [4.78, 5) is 12.4. The molecule has 1 saturated carbocycles. The van der Waals surface area contributed by atoms with E-state index in [1.165, 1.54) is 31.2 Å². The summed E-state index contributed by atoms with van der Waals surface area (Å²) in [6.45, 7) is 4.51. The van der Waals surface area contributed by atoms with Gasteiger partial charge in [-0.05, 0) is 37.2 Å². The zero-order chi connectivity index (χ0) is 13.7. The fourth-order valence-electron chi connectivity index (χ4n) is 2.97. The molecule has 0 radical (unpaired) electrons. The highest BCUT2D eigenvalue weighted by atomic mass is 16.1. The molecule has 2 rings (SSSR count). The van der Waals surface area contributed by atoms with Gasteiger partial charge < -0.3 is 0 Å². The number of rotatable bonds is 5. The van der Waals surface area contributed by atoms with Crippen molar-refractivity contribution in [2.75, 3.05) is 0 Å². The third-order valence-corrected chi connectivity index (χ3v) is 4.44. The quantitative estimate of drug-likeness (QED) is 0.676. The van der Waals surface area contributed by atoms with Crippen LogP contribution in [0.15, 0.2) is 24.3 Å². The van der Waals surface area contributed by atoms with Crippen LogP contribution >= 0.6 is 0 Å². The van der Waals surface area contributed by atoms with Gasteiger partial charge in [0, 0.05) is 11.5 Å². The molecule has 0 aliphatic heterocycles. The van der Waals surface area contributed by atoms with Crippen molar-refractivity contribution in [1.29, 1.82) is 0 Å². The zero-order valence-electron chi connectivity index (χ0n) is 12.3. The lowest BCUT2D eigenvalue weighted by atomic mass is 9.79. The molecule has 104 valence electrons. The Balaban J connectivity index is 1.95. The van der Waals surface area contributed by atoms with E-state index >= 15 is 0 Å². The maximum Gasteiger partial charge on any atom is 0.165 e. The van der Waals surface area contributed by atoms with E-state index in [0.717, 1.165) is 30.7 Å². The highest BCUT2D eigenvalue weighted by molar-refractivity contribution is 5.97. The van der Waals surface area contributed by atoms with Crippen LogP contribution in [-0.4, -0.2) is 5.78 Å². The first-order chi connectivity index (χ1) is 9.20. The van der Waals surface area contributed by atoms with Gasteiger partial charge in [-0.2, -0.15) is 0 Å². The lowest BCUT2D eigenvalue weighted by molar-refractivity contribution is 0.0875. The Morgan fingerprint density at radius 1 is 1.11 bits per heavy atom. The summed E-state index contributed by atoms with van der Waals surface area (Å²) in [6, 6.07) is 8.33. The van der Waals surface area contributed by atoms with Crippen LogP contribution in [0.1, 0.15) is 68.3 Å². The van der Waals surface area contributed by atoms with Gasteiger partial charge in [0.1, 0.15) is 0 Å². The molecule has 1 aliphatic rings. The monoisotopic (exact) mass is 258 g/mol. The summed E-state index contributed by atoms with van der Waals surface area (Å²) in [7, 11) is 0. The van der Waals surface area contributed by atoms with Crippen molar-refractivity contribution in [3.05, 3.63) is 35.4 Å². The van der Waals surface area contributed by atoms with E-state index in [-0.39, 0.29) is 5.92 Å². The highest BCUT2D eigenvalue weighted by Gasteiger charge is 2.24. The molecule has 0 heterocycles. The van der Waals surface area contributed by atoms with Crippen molar-refractivity contribution in [3.8, 4) is 0 Å². The molecular formula is C18H26O. The van der Waals surface area contributed by atoms with E-state index in [9.17, 15) is 4.79 Å². The first-order valence-corrected chi connectivity index (χ1v) is 7.84. The molecule has 0 amide bonds. The van der Waals surface area contributed by atoms with Crippen LogP contribution < -0.4 is 0 Å². The molecule has 0 bridgehead atoms. The lowest BCUT2D eigenvalue weighted by Gasteiger charge is -2.25. The van der Waals surface area contributed by atoms with Crippen molar-refractivity contribution in [1.82, 2.24) is 0 Å². The fraction of sp³-hybridized carbons (Fsp3) is 0.611. The van der Waals surface area contributed by atoms with Gasteiger partial charge in [-0.3, -0.25) is 4.79 Å². The maximum atomic E-state index is 12.4. The third-order valence-electron chi connectivity index (χ3n) is 4.44. The van der Waals surface area contributed by atoms with Crippen LogP contribution in [0.5, 0.6) is 0 Å². The van der Waals surface area contributed by atoms with Crippen molar-refractivity contribution in [2.45, 2.75) is 58.8 Å². The van der Waals surface area contributed by atoms with Gasteiger partial charge in [0.2, 0.25) is 0 Å². The van der Waals surface area contributed by atoms with Crippen LogP contribution in [0.2, 0.25) is 0 Å². The number of hydrogen-bond donors (Lipinski definition) is 0. The summed E-state index contributed by atoms with van der Waals surface area (Å²) in [5.41, 5.74) is 2.27. The molecule has 0 aromatic heterocycles. The van der Waals surface area contributed by atoms with Crippen LogP contribution in [0.4, 0.5) is 0 Å². The normalized spacial score (nSPS) is 23.3. The zero-order valence-corrected chi connectivity index (χ0v) is 12.3. The standard InChI is InChI=1S/C18H26O/c1-3-4-5-15-8-12-17(13-9-15)18(19)16-10-6-14(2)7-11-16/h8-9,12-14,16H,3-7,10-11H2,1-2H3. The van der Waals surface area contributed by atoms with E-state index in [0.29, 0.717) is 5.78 Å². The molecule has 1 fully saturated rings. The first kappa shape index (κ1) is 14.3. The summed E-state index contributed by atoms with van der Waals surface area (Å²) >= 11 is 0. The minimum Gasteiger partial charge on any atom is -0.294 e. The Hall–Kier alpha value is -1.11. The topological polar surface area (TPSA) is 17.1 Å². The van der Waals surface area contributed by atoms with Gasteiger partial charge >= 0.3 is 0 Å². The van der Waals surface area contributed by atoms with Crippen molar-refractivity contribution in [2.24, 2.45) is 11.8 Å². The number of benzene rings is 1. The molecule has 0 N–H and O–H groups in total. The molecule has 1 aromatic carbocycles. The molecule has 0 spiro atoms. The number of unbranched alkanes of at least 4 members (excludes halogenated alkanes) is 1. The second-order valence-electron chi connectivity index (χ2n) is 6.12. The number of carbonyl (C=O) groups is 1. The lowest BCUT2D eigenvalue weighted by Crippen LogP contribution is -2.20. The second-order valence-corrected chi connectivity index (χ2v) is 6.12. The minimum atomic E-state index is 0.276. The largest absolute Gasteiger partial charge is 0.294 e. The number of hydrogen-bond acceptors (Lipinski definition) is 1. The summed E-state index contributed by atoms with van der Waals surface area (Å²) in [6.07, 6.45) is 8.17. The Kier molecular flexibility index (Phi) is 5.18. The third kappa shape index (κ3) is 3.92. The second kappa shape index (κ2) is 6.88. The Morgan fingerprint density at radius 3 is 2.32 bits per heavy atom. The average Bonchev–Trinajstić information content (AvgIpc) is 2.46. The van der Waals surface area contributed by atoms with Crippen LogP contribution in [-0.2, 0) is 6.42 Å². The highest BCUT2D eigenvalue weighted by Crippen LogP contribution is 2.30. The molecule has 1 nitrogen and oxygen atoms in total. The van der Waals surface area contributed by atoms with Gasteiger partial charge in [0.25, 0.3) is 0 Å². The van der Waals surface area contributed by atoms with Crippen molar-refractivity contribution >= 4 is 5.78 Å². The van der Waals surface area contributed by atoms with Crippen molar-refractivity contribution in [3.63, 3.8) is 0 Å². The Morgan fingerprint density at radius 2 is 1.74 bits per heavy atom. The molecular weight excluding hydrogens is 232 g/mol. The number of ketones is 1.